The van der Waals surface area contributed by atoms with Crippen LogP contribution >= 0.6 is 31.9 Å². The van der Waals surface area contributed by atoms with E-state index in [2.05, 4.69) is 103 Å². The fraction of sp³-hybridized carbons (Fsp3) is 0. The Hall–Kier alpha value is -1.58. The van der Waals surface area contributed by atoms with Crippen LogP contribution in [0.1, 0.15) is 0 Å². The van der Waals surface area contributed by atoms with Crippen molar-refractivity contribution >= 4 is 53.7 Å². The maximum absolute atomic E-state index is 3.60. The van der Waals surface area contributed by atoms with Crippen LogP contribution in [0.4, 0.5) is 0 Å². The summed E-state index contributed by atoms with van der Waals surface area (Å²) < 4.78 is 4.43. The number of hydrogen-bond donors (Lipinski definition) is 0. The predicted octanol–water partition coefficient (Wildman–Crippen LogP) is 6.31. The highest BCUT2D eigenvalue weighted by Crippen LogP contribution is 2.33. The van der Waals surface area contributed by atoms with E-state index in [0.717, 1.165) is 14.6 Å². The van der Waals surface area contributed by atoms with Gasteiger partial charge < -0.3 is 4.57 Å². The van der Waals surface area contributed by atoms with E-state index in [4.69, 9.17) is 0 Å². The minimum atomic E-state index is 1.06. The van der Waals surface area contributed by atoms with Crippen molar-refractivity contribution in [2.75, 3.05) is 0 Å². The van der Waals surface area contributed by atoms with Crippen LogP contribution in [0.3, 0.4) is 0 Å². The lowest BCUT2D eigenvalue weighted by Crippen LogP contribution is -1.93. The lowest BCUT2D eigenvalue weighted by Gasteiger charge is -2.09. The standard InChI is InChI=1S/C18H11Br2N/c19-15-10-9-12(11-16(15)20)21-17-7-3-1-5-13(17)14-6-2-4-8-18(14)21/h1-11H. The van der Waals surface area contributed by atoms with Gasteiger partial charge in [0.05, 0.1) is 11.0 Å². The van der Waals surface area contributed by atoms with E-state index in [9.17, 15) is 0 Å². The first kappa shape index (κ1) is 13.1. The summed E-state index contributed by atoms with van der Waals surface area (Å²) >= 11 is 7.14. The molecule has 0 bridgehead atoms. The van der Waals surface area contributed by atoms with Gasteiger partial charge in [0.1, 0.15) is 0 Å². The van der Waals surface area contributed by atoms with Crippen molar-refractivity contribution in [3.8, 4) is 5.69 Å². The molecule has 1 aromatic heterocycles. The summed E-state index contributed by atoms with van der Waals surface area (Å²) in [6, 6.07) is 23.4. The molecule has 0 radical (unpaired) electrons. The lowest BCUT2D eigenvalue weighted by atomic mass is 10.2. The molecule has 4 rings (SSSR count). The summed E-state index contributed by atoms with van der Waals surface area (Å²) in [6.07, 6.45) is 0. The van der Waals surface area contributed by atoms with Gasteiger partial charge in [-0.05, 0) is 62.2 Å². The molecule has 3 aromatic carbocycles. The predicted molar refractivity (Wildman–Crippen MR) is 96.2 cm³/mol. The number of rotatable bonds is 1. The first-order valence-corrected chi connectivity index (χ1v) is 8.28. The van der Waals surface area contributed by atoms with E-state index in [0.29, 0.717) is 0 Å². The van der Waals surface area contributed by atoms with Crippen molar-refractivity contribution in [2.24, 2.45) is 0 Å². The molecule has 0 aliphatic heterocycles. The first-order valence-electron chi connectivity index (χ1n) is 6.69. The second kappa shape index (κ2) is 5.00. The number of hydrogen-bond acceptors (Lipinski definition) is 0. The molecule has 0 unspecified atom stereocenters. The molecule has 3 heteroatoms. The molecule has 0 atom stereocenters. The average molecular weight is 401 g/mol. The lowest BCUT2D eigenvalue weighted by molar-refractivity contribution is 1.17. The van der Waals surface area contributed by atoms with E-state index >= 15 is 0 Å². The van der Waals surface area contributed by atoms with Gasteiger partial charge in [-0.2, -0.15) is 0 Å². The van der Waals surface area contributed by atoms with Gasteiger partial charge >= 0.3 is 0 Å². The Kier molecular flexibility index (Phi) is 3.12. The maximum atomic E-state index is 3.60. The third-order valence-electron chi connectivity index (χ3n) is 3.74. The van der Waals surface area contributed by atoms with Crippen LogP contribution < -0.4 is 0 Å². The van der Waals surface area contributed by atoms with E-state index < -0.39 is 0 Å². The van der Waals surface area contributed by atoms with Gasteiger partial charge in [0.15, 0.2) is 0 Å². The SMILES string of the molecule is Brc1ccc(-n2c3ccccc3c3ccccc32)cc1Br. The zero-order valence-electron chi connectivity index (χ0n) is 11.1. The Morgan fingerprint density at radius 2 is 1.19 bits per heavy atom. The van der Waals surface area contributed by atoms with Gasteiger partial charge in [0.25, 0.3) is 0 Å². The van der Waals surface area contributed by atoms with E-state index in [1.807, 2.05) is 0 Å². The fourth-order valence-corrected chi connectivity index (χ4v) is 3.44. The van der Waals surface area contributed by atoms with Crippen LogP contribution in [0.5, 0.6) is 0 Å². The van der Waals surface area contributed by atoms with Gasteiger partial charge in [-0.25, -0.2) is 0 Å². The van der Waals surface area contributed by atoms with Crippen LogP contribution in [0.25, 0.3) is 27.5 Å². The van der Waals surface area contributed by atoms with Crippen LogP contribution in [0, 0.1) is 0 Å². The van der Waals surface area contributed by atoms with Gasteiger partial charge in [0, 0.05) is 25.4 Å². The Bertz CT molecular complexity index is 916. The Morgan fingerprint density at radius 3 is 1.76 bits per heavy atom. The summed E-state index contributed by atoms with van der Waals surface area (Å²) in [5.41, 5.74) is 3.61. The molecule has 0 saturated carbocycles. The molecule has 1 nitrogen and oxygen atoms in total. The summed E-state index contributed by atoms with van der Waals surface area (Å²) in [6.45, 7) is 0. The van der Waals surface area contributed by atoms with Crippen molar-refractivity contribution in [1.82, 2.24) is 4.57 Å². The number of para-hydroxylation sites is 2. The van der Waals surface area contributed by atoms with E-state index in [1.165, 1.54) is 21.8 Å². The van der Waals surface area contributed by atoms with Crippen molar-refractivity contribution in [2.45, 2.75) is 0 Å². The van der Waals surface area contributed by atoms with Gasteiger partial charge in [-0.3, -0.25) is 0 Å². The largest absolute Gasteiger partial charge is 0.309 e. The fourth-order valence-electron chi connectivity index (χ4n) is 2.82. The third-order valence-corrected chi connectivity index (χ3v) is 5.62. The molecule has 0 spiro atoms. The van der Waals surface area contributed by atoms with E-state index in [-0.39, 0.29) is 0 Å². The number of fused-ring (bicyclic) bond motifs is 3. The Balaban J connectivity index is 2.17. The number of aromatic nitrogens is 1. The minimum Gasteiger partial charge on any atom is -0.309 e. The first-order chi connectivity index (χ1) is 10.3. The molecule has 0 saturated heterocycles. The number of benzene rings is 3. The third kappa shape index (κ3) is 2.03. The van der Waals surface area contributed by atoms with Crippen LogP contribution in [-0.4, -0.2) is 4.57 Å². The molecule has 102 valence electrons. The zero-order valence-corrected chi connectivity index (χ0v) is 14.2. The second-order valence-electron chi connectivity index (χ2n) is 4.97. The highest BCUT2D eigenvalue weighted by Gasteiger charge is 2.11. The number of halogens is 2. The topological polar surface area (TPSA) is 4.93 Å². The van der Waals surface area contributed by atoms with Crippen molar-refractivity contribution in [3.63, 3.8) is 0 Å². The summed E-state index contributed by atoms with van der Waals surface area (Å²) in [5, 5.41) is 2.57. The van der Waals surface area contributed by atoms with Crippen LogP contribution in [-0.2, 0) is 0 Å². The molecular weight excluding hydrogens is 390 g/mol. The zero-order chi connectivity index (χ0) is 14.4. The molecule has 1 heterocycles. The number of nitrogens with zero attached hydrogens (tertiary/aromatic N) is 1. The smallest absolute Gasteiger partial charge is 0.0541 e. The molecular formula is C18H11Br2N. The minimum absolute atomic E-state index is 1.06. The monoisotopic (exact) mass is 399 g/mol. The second-order valence-corrected chi connectivity index (χ2v) is 6.68. The molecule has 21 heavy (non-hydrogen) atoms. The van der Waals surface area contributed by atoms with Crippen LogP contribution in [0.2, 0.25) is 0 Å². The van der Waals surface area contributed by atoms with Crippen LogP contribution in [0.15, 0.2) is 75.7 Å². The maximum Gasteiger partial charge on any atom is 0.0541 e. The summed E-state index contributed by atoms with van der Waals surface area (Å²) in [4.78, 5) is 0. The average Bonchev–Trinajstić information content (AvgIpc) is 2.85. The highest BCUT2D eigenvalue weighted by atomic mass is 79.9. The van der Waals surface area contributed by atoms with Gasteiger partial charge in [-0.15, -0.1) is 0 Å². The molecule has 0 fully saturated rings. The van der Waals surface area contributed by atoms with Crippen molar-refractivity contribution in [1.29, 1.82) is 0 Å². The molecule has 0 aliphatic carbocycles. The molecule has 0 amide bonds. The molecule has 4 aromatic rings. The van der Waals surface area contributed by atoms with Gasteiger partial charge in [-0.1, -0.05) is 36.4 Å². The molecule has 0 aliphatic rings. The highest BCUT2D eigenvalue weighted by molar-refractivity contribution is 9.13. The van der Waals surface area contributed by atoms with Crippen molar-refractivity contribution < 1.29 is 0 Å². The van der Waals surface area contributed by atoms with E-state index in [1.54, 1.807) is 0 Å². The van der Waals surface area contributed by atoms with Gasteiger partial charge in [0.2, 0.25) is 0 Å². The summed E-state index contributed by atoms with van der Waals surface area (Å²) in [5.74, 6) is 0. The molecule has 0 N–H and O–H groups in total. The normalized spacial score (nSPS) is 11.3. The Morgan fingerprint density at radius 1 is 0.619 bits per heavy atom. The van der Waals surface area contributed by atoms with Crippen molar-refractivity contribution in [3.05, 3.63) is 75.7 Å². The Labute approximate surface area is 139 Å². The quantitative estimate of drug-likeness (QED) is 0.353. The summed E-state index contributed by atoms with van der Waals surface area (Å²) in [7, 11) is 0.